The van der Waals surface area contributed by atoms with E-state index in [2.05, 4.69) is 57.4 Å². The minimum Gasteiger partial charge on any atom is -0.465 e. The summed E-state index contributed by atoms with van der Waals surface area (Å²) in [6, 6.07) is 24.5. The lowest BCUT2D eigenvalue weighted by atomic mass is 9.89. The van der Waals surface area contributed by atoms with Gasteiger partial charge in [0.1, 0.15) is 0 Å². The standard InChI is InChI=1S/C32H35N3O3/c1-22(2)31(36)33-27-8-4-6-25(20-27)23-14-17-34(18-15-23)21-26-7-5-9-30-29(26)16-19-35(30)28-12-10-24(11-13-28)32(37)38-3/h4-13,16,19-20,22-23H,14-15,17-18,21H2,1-3H3,(H,33,36). The molecule has 0 unspecified atom stereocenters. The fourth-order valence-corrected chi connectivity index (χ4v) is 5.29. The summed E-state index contributed by atoms with van der Waals surface area (Å²) in [4.78, 5) is 26.4. The second-order valence-corrected chi connectivity index (χ2v) is 10.4. The van der Waals surface area contributed by atoms with Gasteiger partial charge in [0, 0.05) is 35.4 Å². The molecule has 1 fully saturated rings. The van der Waals surface area contributed by atoms with E-state index in [1.54, 1.807) is 12.1 Å². The van der Waals surface area contributed by atoms with Crippen LogP contribution in [0.15, 0.2) is 79.0 Å². The Balaban J connectivity index is 1.25. The third-order valence-electron chi connectivity index (χ3n) is 7.52. The number of hydrogen-bond donors (Lipinski definition) is 1. The Bertz CT molecular complexity index is 1430. The smallest absolute Gasteiger partial charge is 0.337 e. The number of ether oxygens (including phenoxy) is 1. The number of methoxy groups -OCH3 is 1. The molecule has 1 saturated heterocycles. The number of esters is 1. The van der Waals surface area contributed by atoms with E-state index in [0.717, 1.165) is 49.4 Å². The van der Waals surface area contributed by atoms with E-state index in [4.69, 9.17) is 4.74 Å². The highest BCUT2D eigenvalue weighted by molar-refractivity contribution is 5.92. The van der Waals surface area contributed by atoms with Crippen molar-refractivity contribution in [1.82, 2.24) is 9.47 Å². The molecule has 0 aliphatic carbocycles. The lowest BCUT2D eigenvalue weighted by Crippen LogP contribution is -2.32. The van der Waals surface area contributed by atoms with E-state index in [1.165, 1.54) is 23.6 Å². The van der Waals surface area contributed by atoms with Gasteiger partial charge in [-0.2, -0.15) is 0 Å². The summed E-state index contributed by atoms with van der Waals surface area (Å²) in [5.74, 6) is 0.200. The van der Waals surface area contributed by atoms with Crippen molar-refractivity contribution in [2.24, 2.45) is 5.92 Å². The highest BCUT2D eigenvalue weighted by Crippen LogP contribution is 2.31. The number of carbonyl (C=O) groups is 2. The third kappa shape index (κ3) is 5.50. The molecule has 6 heteroatoms. The van der Waals surface area contributed by atoms with Gasteiger partial charge in [-0.1, -0.05) is 38.1 Å². The molecule has 1 N–H and O–H groups in total. The molecule has 2 heterocycles. The van der Waals surface area contributed by atoms with Gasteiger partial charge in [-0.15, -0.1) is 0 Å². The molecule has 38 heavy (non-hydrogen) atoms. The molecule has 196 valence electrons. The van der Waals surface area contributed by atoms with Crippen molar-refractivity contribution >= 4 is 28.5 Å². The van der Waals surface area contributed by atoms with Crippen molar-refractivity contribution in [3.05, 3.63) is 95.7 Å². The zero-order valence-electron chi connectivity index (χ0n) is 22.3. The van der Waals surface area contributed by atoms with Gasteiger partial charge >= 0.3 is 5.97 Å². The number of aromatic nitrogens is 1. The summed E-state index contributed by atoms with van der Waals surface area (Å²) in [5, 5.41) is 4.28. The van der Waals surface area contributed by atoms with Crippen molar-refractivity contribution in [3.8, 4) is 5.69 Å². The summed E-state index contributed by atoms with van der Waals surface area (Å²) >= 11 is 0. The first-order valence-electron chi connectivity index (χ1n) is 13.3. The van der Waals surface area contributed by atoms with Crippen LogP contribution in [-0.4, -0.2) is 41.5 Å². The SMILES string of the molecule is COC(=O)c1ccc(-n2ccc3c(CN4CCC(c5cccc(NC(=O)C(C)C)c5)CC4)cccc32)cc1. The molecule has 5 rings (SSSR count). The number of anilines is 1. The Kier molecular flexibility index (Phi) is 7.61. The second kappa shape index (κ2) is 11.2. The molecule has 0 saturated carbocycles. The molecule has 0 spiro atoms. The number of likely N-dealkylation sites (tertiary alicyclic amines) is 1. The lowest BCUT2D eigenvalue weighted by Gasteiger charge is -2.32. The quantitative estimate of drug-likeness (QED) is 0.293. The Morgan fingerprint density at radius 1 is 0.974 bits per heavy atom. The van der Waals surface area contributed by atoms with Crippen LogP contribution in [0, 0.1) is 5.92 Å². The summed E-state index contributed by atoms with van der Waals surface area (Å²) in [7, 11) is 1.40. The van der Waals surface area contributed by atoms with E-state index in [0.29, 0.717) is 11.5 Å². The van der Waals surface area contributed by atoms with Crippen LogP contribution in [0.25, 0.3) is 16.6 Å². The molecule has 0 atom stereocenters. The number of benzene rings is 3. The Hall–Kier alpha value is -3.90. The number of carbonyl (C=O) groups excluding carboxylic acids is 2. The first-order chi connectivity index (χ1) is 18.4. The van der Waals surface area contributed by atoms with Crippen LogP contribution >= 0.6 is 0 Å². The van der Waals surface area contributed by atoms with Gasteiger partial charge in [0.05, 0.1) is 18.2 Å². The molecule has 4 aromatic rings. The number of hydrogen-bond acceptors (Lipinski definition) is 4. The lowest BCUT2D eigenvalue weighted by molar-refractivity contribution is -0.118. The molecular weight excluding hydrogens is 474 g/mol. The van der Waals surface area contributed by atoms with Crippen molar-refractivity contribution in [1.29, 1.82) is 0 Å². The molecular formula is C32H35N3O3. The molecule has 1 amide bonds. The van der Waals surface area contributed by atoms with Gasteiger partial charge in [-0.3, -0.25) is 9.69 Å². The van der Waals surface area contributed by atoms with Gasteiger partial charge in [0.15, 0.2) is 0 Å². The Morgan fingerprint density at radius 2 is 1.71 bits per heavy atom. The molecule has 1 aliphatic heterocycles. The summed E-state index contributed by atoms with van der Waals surface area (Å²) in [6.45, 7) is 6.82. The van der Waals surface area contributed by atoms with Crippen LogP contribution in [-0.2, 0) is 16.1 Å². The molecule has 0 bridgehead atoms. The maximum Gasteiger partial charge on any atom is 0.337 e. The Labute approximate surface area is 224 Å². The van der Waals surface area contributed by atoms with E-state index in [-0.39, 0.29) is 17.8 Å². The molecule has 0 radical (unpaired) electrons. The summed E-state index contributed by atoms with van der Waals surface area (Å²) in [6.07, 6.45) is 4.30. The van der Waals surface area contributed by atoms with Crippen LogP contribution in [0.2, 0.25) is 0 Å². The van der Waals surface area contributed by atoms with Crippen molar-refractivity contribution in [2.75, 3.05) is 25.5 Å². The summed E-state index contributed by atoms with van der Waals surface area (Å²) < 4.78 is 6.98. The molecule has 1 aromatic heterocycles. The molecule has 1 aliphatic rings. The maximum atomic E-state index is 12.1. The first-order valence-corrected chi connectivity index (χ1v) is 13.3. The second-order valence-electron chi connectivity index (χ2n) is 10.4. The predicted octanol–water partition coefficient (Wildman–Crippen LogP) is 6.39. The van der Waals surface area contributed by atoms with Crippen LogP contribution in [0.4, 0.5) is 5.69 Å². The number of nitrogens with zero attached hydrogens (tertiary/aromatic N) is 2. The number of rotatable bonds is 7. The predicted molar refractivity (Wildman–Crippen MR) is 152 cm³/mol. The number of piperidine rings is 1. The first kappa shape index (κ1) is 25.7. The maximum absolute atomic E-state index is 12.1. The molecule has 6 nitrogen and oxygen atoms in total. The highest BCUT2D eigenvalue weighted by Gasteiger charge is 2.22. The third-order valence-corrected chi connectivity index (χ3v) is 7.52. The average molecular weight is 510 g/mol. The fraction of sp³-hybridized carbons (Fsp3) is 0.312. The van der Waals surface area contributed by atoms with Gasteiger partial charge in [0.25, 0.3) is 0 Å². The van der Waals surface area contributed by atoms with Gasteiger partial charge in [-0.05, 0) is 91.5 Å². The van der Waals surface area contributed by atoms with Gasteiger partial charge in [-0.25, -0.2) is 4.79 Å². The average Bonchev–Trinajstić information content (AvgIpc) is 3.38. The van der Waals surface area contributed by atoms with Crippen LogP contribution < -0.4 is 5.32 Å². The van der Waals surface area contributed by atoms with Crippen LogP contribution in [0.1, 0.15) is 54.1 Å². The van der Waals surface area contributed by atoms with Crippen molar-refractivity contribution in [3.63, 3.8) is 0 Å². The van der Waals surface area contributed by atoms with E-state index in [1.807, 2.05) is 38.1 Å². The minimum atomic E-state index is -0.328. The van der Waals surface area contributed by atoms with Crippen LogP contribution in [0.5, 0.6) is 0 Å². The highest BCUT2D eigenvalue weighted by atomic mass is 16.5. The van der Waals surface area contributed by atoms with E-state index in [9.17, 15) is 9.59 Å². The fourth-order valence-electron chi connectivity index (χ4n) is 5.29. The number of amides is 1. The minimum absolute atomic E-state index is 0.0321. The zero-order valence-corrected chi connectivity index (χ0v) is 22.3. The Morgan fingerprint density at radius 3 is 2.42 bits per heavy atom. The molecule has 3 aromatic carbocycles. The topological polar surface area (TPSA) is 63.6 Å². The number of nitrogens with one attached hydrogen (secondary N) is 1. The van der Waals surface area contributed by atoms with Crippen LogP contribution in [0.3, 0.4) is 0 Å². The van der Waals surface area contributed by atoms with Gasteiger partial charge < -0.3 is 14.6 Å². The van der Waals surface area contributed by atoms with Gasteiger partial charge in [0.2, 0.25) is 5.91 Å². The largest absolute Gasteiger partial charge is 0.465 e. The normalized spacial score (nSPS) is 14.6. The number of fused-ring (bicyclic) bond motifs is 1. The van der Waals surface area contributed by atoms with E-state index >= 15 is 0 Å². The summed E-state index contributed by atoms with van der Waals surface area (Å²) in [5.41, 5.74) is 6.23. The van der Waals surface area contributed by atoms with Crippen molar-refractivity contribution in [2.45, 2.75) is 39.2 Å². The monoisotopic (exact) mass is 509 g/mol. The van der Waals surface area contributed by atoms with E-state index < -0.39 is 0 Å². The zero-order chi connectivity index (χ0) is 26.6. The van der Waals surface area contributed by atoms with Crippen molar-refractivity contribution < 1.29 is 14.3 Å².